The molecule has 26 heavy (non-hydrogen) atoms. The van der Waals surface area contributed by atoms with Crippen molar-refractivity contribution in [2.45, 2.75) is 0 Å². The van der Waals surface area contributed by atoms with E-state index in [4.69, 9.17) is 13.9 Å². The zero-order chi connectivity index (χ0) is 18.7. The molecule has 0 radical (unpaired) electrons. The molecular formula is C20H16O6. The summed E-state index contributed by atoms with van der Waals surface area (Å²) in [5.41, 5.74) is 1.10. The molecule has 0 aliphatic carbocycles. The van der Waals surface area contributed by atoms with Gasteiger partial charge in [-0.1, -0.05) is 0 Å². The first-order valence-electron chi connectivity index (χ1n) is 7.71. The number of phenolic OH excluding ortho intramolecular Hbond substituents is 1. The van der Waals surface area contributed by atoms with Crippen LogP contribution in [0.5, 0.6) is 17.2 Å². The van der Waals surface area contributed by atoms with E-state index in [1.54, 1.807) is 18.2 Å². The van der Waals surface area contributed by atoms with Gasteiger partial charge < -0.3 is 19.0 Å². The number of benzene rings is 2. The van der Waals surface area contributed by atoms with Crippen molar-refractivity contribution in [2.75, 3.05) is 14.2 Å². The van der Waals surface area contributed by atoms with E-state index in [-0.39, 0.29) is 33.9 Å². The predicted octanol–water partition coefficient (Wildman–Crippen LogP) is 3.71. The van der Waals surface area contributed by atoms with E-state index in [1.807, 2.05) is 0 Å². The van der Waals surface area contributed by atoms with Crippen LogP contribution in [0.4, 0.5) is 0 Å². The molecule has 0 atom stereocenters. The van der Waals surface area contributed by atoms with Crippen LogP contribution >= 0.6 is 0 Å². The zero-order valence-corrected chi connectivity index (χ0v) is 14.2. The summed E-state index contributed by atoms with van der Waals surface area (Å²) in [4.78, 5) is 24.3. The van der Waals surface area contributed by atoms with Gasteiger partial charge in [-0.15, -0.1) is 0 Å². The largest absolute Gasteiger partial charge is 0.507 e. The molecule has 1 heterocycles. The van der Waals surface area contributed by atoms with Crippen molar-refractivity contribution in [1.29, 1.82) is 0 Å². The fourth-order valence-corrected chi connectivity index (χ4v) is 2.68. The molecule has 2 aromatic carbocycles. The second-order valence-corrected chi connectivity index (χ2v) is 5.46. The summed E-state index contributed by atoms with van der Waals surface area (Å²) in [5, 5.41) is 10.1. The minimum Gasteiger partial charge on any atom is -0.507 e. The first-order chi connectivity index (χ1) is 12.6. The monoisotopic (exact) mass is 352 g/mol. The molecule has 0 fully saturated rings. The van der Waals surface area contributed by atoms with Crippen molar-refractivity contribution in [3.05, 3.63) is 65.4 Å². The topological polar surface area (TPSA) is 86.0 Å². The maximum atomic E-state index is 12.9. The lowest BCUT2D eigenvalue weighted by Crippen LogP contribution is -2.05. The normalized spacial score (nSPS) is 10.4. The van der Waals surface area contributed by atoms with Crippen molar-refractivity contribution in [2.24, 2.45) is 0 Å². The van der Waals surface area contributed by atoms with E-state index in [1.165, 1.54) is 44.7 Å². The Hall–Kier alpha value is -3.54. The number of phenols is 1. The van der Waals surface area contributed by atoms with Gasteiger partial charge in [0.15, 0.2) is 23.6 Å². The van der Waals surface area contributed by atoms with Crippen molar-refractivity contribution < 1.29 is 28.6 Å². The Morgan fingerprint density at radius 2 is 1.92 bits per heavy atom. The van der Waals surface area contributed by atoms with Gasteiger partial charge in [0.05, 0.1) is 31.6 Å². The Labute approximate surface area is 149 Å². The van der Waals surface area contributed by atoms with Gasteiger partial charge in [0.2, 0.25) is 0 Å². The molecule has 6 nitrogen and oxygen atoms in total. The first-order valence-corrected chi connectivity index (χ1v) is 7.71. The smallest absolute Gasteiger partial charge is 0.196 e. The van der Waals surface area contributed by atoms with Crippen LogP contribution < -0.4 is 9.47 Å². The lowest BCUT2D eigenvalue weighted by molar-refractivity contribution is 0.103. The van der Waals surface area contributed by atoms with Gasteiger partial charge in [-0.2, -0.15) is 0 Å². The molecule has 0 aliphatic heterocycles. The number of ether oxygens (including phenoxy) is 2. The van der Waals surface area contributed by atoms with Crippen molar-refractivity contribution >= 4 is 12.1 Å². The summed E-state index contributed by atoms with van der Waals surface area (Å²) in [7, 11) is 2.82. The van der Waals surface area contributed by atoms with Crippen LogP contribution in [0.15, 0.2) is 53.1 Å². The third-order valence-corrected chi connectivity index (χ3v) is 3.94. The van der Waals surface area contributed by atoms with Gasteiger partial charge in [0.25, 0.3) is 0 Å². The Balaban J connectivity index is 2.10. The number of aromatic hydroxyl groups is 1. The van der Waals surface area contributed by atoms with Crippen LogP contribution in [0.25, 0.3) is 11.3 Å². The number of hydrogen-bond acceptors (Lipinski definition) is 6. The van der Waals surface area contributed by atoms with Crippen molar-refractivity contribution in [1.82, 2.24) is 0 Å². The summed E-state index contributed by atoms with van der Waals surface area (Å²) >= 11 is 0. The highest BCUT2D eigenvalue weighted by molar-refractivity contribution is 6.12. The Bertz CT molecular complexity index is 957. The third-order valence-electron chi connectivity index (χ3n) is 3.94. The van der Waals surface area contributed by atoms with Gasteiger partial charge in [0.1, 0.15) is 11.5 Å². The van der Waals surface area contributed by atoms with E-state index in [0.717, 1.165) is 0 Å². The van der Waals surface area contributed by atoms with Gasteiger partial charge >= 0.3 is 0 Å². The number of furan rings is 1. The molecule has 0 bridgehead atoms. The Morgan fingerprint density at radius 1 is 1.12 bits per heavy atom. The minimum atomic E-state index is -0.458. The first kappa shape index (κ1) is 17.3. The number of hydrogen-bond donors (Lipinski definition) is 1. The highest BCUT2D eigenvalue weighted by Gasteiger charge is 2.20. The Morgan fingerprint density at radius 3 is 2.54 bits per heavy atom. The van der Waals surface area contributed by atoms with Crippen molar-refractivity contribution in [3.63, 3.8) is 0 Å². The number of carbonyl (C=O) groups is 2. The van der Waals surface area contributed by atoms with Crippen LogP contribution in [0, 0.1) is 0 Å². The van der Waals surface area contributed by atoms with Crippen molar-refractivity contribution in [3.8, 4) is 28.6 Å². The number of methoxy groups -OCH3 is 2. The van der Waals surface area contributed by atoms with Crippen LogP contribution in [-0.2, 0) is 0 Å². The fourth-order valence-electron chi connectivity index (χ4n) is 2.68. The van der Waals surface area contributed by atoms with E-state index in [0.29, 0.717) is 17.6 Å². The molecule has 0 amide bonds. The quantitative estimate of drug-likeness (QED) is 0.538. The molecule has 0 aliphatic rings. The SMILES string of the molecule is COc1cc(C(=O)c2cc(-c3ccco3)ccc2O)cc(C=O)c1OC. The lowest BCUT2D eigenvalue weighted by atomic mass is 9.97. The van der Waals surface area contributed by atoms with Gasteiger partial charge in [-0.3, -0.25) is 9.59 Å². The third kappa shape index (κ3) is 3.04. The lowest BCUT2D eigenvalue weighted by Gasteiger charge is -2.12. The highest BCUT2D eigenvalue weighted by Crippen LogP contribution is 2.34. The van der Waals surface area contributed by atoms with E-state index in [2.05, 4.69) is 0 Å². The highest BCUT2D eigenvalue weighted by atomic mass is 16.5. The Kier molecular flexibility index (Phi) is 4.75. The van der Waals surface area contributed by atoms with Gasteiger partial charge in [-0.05, 0) is 42.5 Å². The number of rotatable bonds is 6. The summed E-state index contributed by atoms with van der Waals surface area (Å²) in [6, 6.07) is 11.0. The molecule has 3 rings (SSSR count). The summed E-state index contributed by atoms with van der Waals surface area (Å²) in [6.07, 6.45) is 2.10. The molecule has 0 spiro atoms. The number of aldehydes is 1. The summed E-state index contributed by atoms with van der Waals surface area (Å²) in [5.74, 6) is 0.433. The average Bonchev–Trinajstić information content (AvgIpc) is 3.21. The van der Waals surface area contributed by atoms with Gasteiger partial charge in [-0.25, -0.2) is 0 Å². The molecule has 6 heteroatoms. The second kappa shape index (κ2) is 7.14. The second-order valence-electron chi connectivity index (χ2n) is 5.46. The number of carbonyl (C=O) groups excluding carboxylic acids is 2. The van der Waals surface area contributed by atoms with Crippen LogP contribution in [0.3, 0.4) is 0 Å². The minimum absolute atomic E-state index is 0.0861. The fraction of sp³-hybridized carbons (Fsp3) is 0.100. The van der Waals surface area contributed by atoms with Crippen LogP contribution in [0.2, 0.25) is 0 Å². The average molecular weight is 352 g/mol. The molecule has 1 N–H and O–H groups in total. The van der Waals surface area contributed by atoms with E-state index >= 15 is 0 Å². The van der Waals surface area contributed by atoms with Crippen LogP contribution in [-0.4, -0.2) is 31.4 Å². The molecular weight excluding hydrogens is 336 g/mol. The summed E-state index contributed by atoms with van der Waals surface area (Å²) < 4.78 is 15.7. The molecule has 0 unspecified atom stereocenters. The molecule has 132 valence electrons. The summed E-state index contributed by atoms with van der Waals surface area (Å²) in [6.45, 7) is 0. The maximum Gasteiger partial charge on any atom is 0.196 e. The van der Waals surface area contributed by atoms with Gasteiger partial charge in [0, 0.05) is 11.1 Å². The number of ketones is 1. The molecule has 0 saturated carbocycles. The molecule has 3 aromatic rings. The molecule has 1 aromatic heterocycles. The zero-order valence-electron chi connectivity index (χ0n) is 14.2. The standard InChI is InChI=1S/C20H16O6/c1-24-18-10-13(8-14(11-21)20(18)25-2)19(23)15-9-12(5-6-16(15)22)17-4-3-7-26-17/h3-11,22H,1-2H3. The van der Waals surface area contributed by atoms with Crippen LogP contribution in [0.1, 0.15) is 26.3 Å². The maximum absolute atomic E-state index is 12.9. The predicted molar refractivity (Wildman–Crippen MR) is 94.2 cm³/mol. The van der Waals surface area contributed by atoms with E-state index < -0.39 is 5.78 Å². The molecule has 0 saturated heterocycles. The van der Waals surface area contributed by atoms with E-state index in [9.17, 15) is 14.7 Å².